The molecule has 0 aromatic heterocycles. The summed E-state index contributed by atoms with van der Waals surface area (Å²) in [5.74, 6) is -2.58. The van der Waals surface area contributed by atoms with Crippen LogP contribution in [0.2, 0.25) is 0 Å². The van der Waals surface area contributed by atoms with Crippen LogP contribution in [0.15, 0.2) is 47.0 Å². The van der Waals surface area contributed by atoms with Crippen LogP contribution in [0.25, 0.3) is 0 Å². The van der Waals surface area contributed by atoms with E-state index < -0.39 is 29.2 Å². The minimum absolute atomic E-state index is 0.0748. The van der Waals surface area contributed by atoms with Gasteiger partial charge in [0.2, 0.25) is 0 Å². The molecule has 0 saturated heterocycles. The van der Waals surface area contributed by atoms with Crippen molar-refractivity contribution in [2.45, 2.75) is 13.8 Å². The third-order valence-corrected chi connectivity index (χ3v) is 2.54. The summed E-state index contributed by atoms with van der Waals surface area (Å²) in [5, 5.41) is 13.3. The van der Waals surface area contributed by atoms with Gasteiger partial charge in [-0.1, -0.05) is 18.2 Å². The van der Waals surface area contributed by atoms with Gasteiger partial charge in [-0.25, -0.2) is 10.2 Å². The SMILES string of the molecule is CCOC(=O)C(/C(N)=N/NC(=O)c1ccccc1)=C(/O)OCC. The first-order chi connectivity index (χ1) is 11.0. The molecule has 23 heavy (non-hydrogen) atoms. The predicted molar refractivity (Wildman–Crippen MR) is 83.4 cm³/mol. The minimum atomic E-state index is -0.909. The third kappa shape index (κ3) is 5.34. The summed E-state index contributed by atoms with van der Waals surface area (Å²) >= 11 is 0. The molecule has 8 heteroatoms. The summed E-state index contributed by atoms with van der Waals surface area (Å²) in [6.07, 6.45) is 0. The normalized spacial score (nSPS) is 12.2. The number of carbonyl (C=O) groups excluding carboxylic acids is 2. The monoisotopic (exact) mass is 321 g/mol. The van der Waals surface area contributed by atoms with Crippen LogP contribution in [0, 0.1) is 0 Å². The number of benzene rings is 1. The van der Waals surface area contributed by atoms with Crippen LogP contribution >= 0.6 is 0 Å². The average Bonchev–Trinajstić information content (AvgIpc) is 2.54. The van der Waals surface area contributed by atoms with Crippen molar-refractivity contribution in [3.63, 3.8) is 0 Å². The van der Waals surface area contributed by atoms with Gasteiger partial charge in [0.15, 0.2) is 11.4 Å². The van der Waals surface area contributed by atoms with Crippen molar-refractivity contribution in [1.29, 1.82) is 0 Å². The van der Waals surface area contributed by atoms with E-state index in [0.717, 1.165) is 0 Å². The summed E-state index contributed by atoms with van der Waals surface area (Å²) in [4.78, 5) is 23.7. The maximum atomic E-state index is 11.9. The summed E-state index contributed by atoms with van der Waals surface area (Å²) in [7, 11) is 0. The topological polar surface area (TPSA) is 123 Å². The van der Waals surface area contributed by atoms with Crippen LogP contribution in [0.4, 0.5) is 0 Å². The standard InChI is InChI=1S/C15H19N3O5/c1-3-22-14(20)11(15(21)23-4-2)12(16)17-18-13(19)10-8-6-5-7-9-10/h5-9,20H,3-4H2,1-2H3,(H2,16,17)(H,18,19)/b14-11-. The van der Waals surface area contributed by atoms with Crippen molar-refractivity contribution in [2.24, 2.45) is 10.8 Å². The minimum Gasteiger partial charge on any atom is -0.480 e. The average molecular weight is 321 g/mol. The van der Waals surface area contributed by atoms with E-state index in [1.165, 1.54) is 0 Å². The summed E-state index contributed by atoms with van der Waals surface area (Å²) < 4.78 is 9.62. The van der Waals surface area contributed by atoms with Gasteiger partial charge in [0, 0.05) is 5.56 Å². The van der Waals surface area contributed by atoms with E-state index >= 15 is 0 Å². The lowest BCUT2D eigenvalue weighted by molar-refractivity contribution is -0.138. The number of aliphatic hydroxyl groups is 1. The van der Waals surface area contributed by atoms with Crippen molar-refractivity contribution in [1.82, 2.24) is 5.43 Å². The predicted octanol–water partition coefficient (Wildman–Crippen LogP) is 1.06. The van der Waals surface area contributed by atoms with Crippen LogP contribution in [-0.2, 0) is 14.3 Å². The number of hydrazone groups is 1. The highest BCUT2D eigenvalue weighted by atomic mass is 16.6. The second-order valence-corrected chi connectivity index (χ2v) is 4.14. The molecule has 0 bridgehead atoms. The molecule has 8 nitrogen and oxygen atoms in total. The zero-order valence-corrected chi connectivity index (χ0v) is 12.9. The fourth-order valence-electron chi connectivity index (χ4n) is 1.53. The van der Waals surface area contributed by atoms with E-state index in [4.69, 9.17) is 15.2 Å². The number of nitrogens with zero attached hydrogens (tertiary/aromatic N) is 1. The summed E-state index contributed by atoms with van der Waals surface area (Å²) in [6.45, 7) is 3.39. The number of aliphatic hydroxyl groups excluding tert-OH is 1. The largest absolute Gasteiger partial charge is 0.480 e. The molecule has 0 atom stereocenters. The second kappa shape index (κ2) is 9.08. The lowest BCUT2D eigenvalue weighted by Crippen LogP contribution is -2.29. The van der Waals surface area contributed by atoms with Crippen molar-refractivity contribution >= 4 is 17.7 Å². The van der Waals surface area contributed by atoms with Gasteiger partial charge < -0.3 is 20.3 Å². The zero-order chi connectivity index (χ0) is 17.2. The lowest BCUT2D eigenvalue weighted by atomic mass is 10.2. The maximum Gasteiger partial charge on any atom is 0.349 e. The molecule has 1 rings (SSSR count). The number of amidine groups is 1. The van der Waals surface area contributed by atoms with Gasteiger partial charge in [-0.3, -0.25) is 4.79 Å². The van der Waals surface area contributed by atoms with Crippen molar-refractivity contribution < 1.29 is 24.2 Å². The number of esters is 1. The van der Waals surface area contributed by atoms with Crippen LogP contribution in [0.3, 0.4) is 0 Å². The van der Waals surface area contributed by atoms with E-state index in [9.17, 15) is 14.7 Å². The van der Waals surface area contributed by atoms with Crippen LogP contribution in [-0.4, -0.2) is 36.0 Å². The third-order valence-electron chi connectivity index (χ3n) is 2.54. The Balaban J connectivity index is 2.96. The molecule has 0 aliphatic rings. The number of carbonyl (C=O) groups is 2. The Morgan fingerprint density at radius 2 is 1.78 bits per heavy atom. The molecule has 4 N–H and O–H groups in total. The molecule has 0 aliphatic carbocycles. The van der Waals surface area contributed by atoms with E-state index in [1.807, 2.05) is 0 Å². The Morgan fingerprint density at radius 3 is 2.35 bits per heavy atom. The van der Waals surface area contributed by atoms with Gasteiger partial charge in [0.05, 0.1) is 13.2 Å². The highest BCUT2D eigenvalue weighted by Crippen LogP contribution is 2.07. The van der Waals surface area contributed by atoms with E-state index in [0.29, 0.717) is 5.56 Å². The highest BCUT2D eigenvalue weighted by molar-refractivity contribution is 6.18. The maximum absolute atomic E-state index is 11.9. The first kappa shape index (κ1) is 18.0. The van der Waals surface area contributed by atoms with Gasteiger partial charge in [-0.15, -0.1) is 0 Å². The molecule has 0 radical (unpaired) electrons. The number of hydrogen-bond donors (Lipinski definition) is 3. The van der Waals surface area contributed by atoms with Crippen LogP contribution < -0.4 is 11.2 Å². The van der Waals surface area contributed by atoms with Gasteiger partial charge >= 0.3 is 5.97 Å². The fourth-order valence-corrected chi connectivity index (χ4v) is 1.53. The number of amides is 1. The number of nitrogens with two attached hydrogens (primary N) is 1. The molecular weight excluding hydrogens is 302 g/mol. The molecule has 0 saturated carbocycles. The quantitative estimate of drug-likeness (QED) is 0.172. The van der Waals surface area contributed by atoms with Gasteiger partial charge in [0.1, 0.15) is 0 Å². The molecule has 1 amide bonds. The van der Waals surface area contributed by atoms with Crippen molar-refractivity contribution in [3.05, 3.63) is 47.4 Å². The molecule has 0 fully saturated rings. The van der Waals surface area contributed by atoms with E-state index in [-0.39, 0.29) is 13.2 Å². The van der Waals surface area contributed by atoms with E-state index in [2.05, 4.69) is 10.5 Å². The number of ether oxygens (including phenoxy) is 2. The van der Waals surface area contributed by atoms with Crippen molar-refractivity contribution in [2.75, 3.05) is 13.2 Å². The molecule has 1 aromatic rings. The Morgan fingerprint density at radius 1 is 1.17 bits per heavy atom. The second-order valence-electron chi connectivity index (χ2n) is 4.14. The van der Waals surface area contributed by atoms with Gasteiger partial charge in [0.25, 0.3) is 11.9 Å². The molecule has 0 unspecified atom stereocenters. The number of nitrogens with one attached hydrogen (secondary N) is 1. The Bertz CT molecular complexity index is 611. The molecule has 0 spiro atoms. The molecule has 124 valence electrons. The van der Waals surface area contributed by atoms with Gasteiger partial charge in [-0.05, 0) is 26.0 Å². The molecule has 1 aromatic carbocycles. The Hall–Kier alpha value is -3.03. The lowest BCUT2D eigenvalue weighted by Gasteiger charge is -2.09. The Kier molecular flexibility index (Phi) is 7.12. The summed E-state index contributed by atoms with van der Waals surface area (Å²) in [5.41, 5.74) is 7.74. The smallest absolute Gasteiger partial charge is 0.349 e. The molecule has 0 aliphatic heterocycles. The van der Waals surface area contributed by atoms with Gasteiger partial charge in [-0.2, -0.15) is 5.10 Å². The summed E-state index contributed by atoms with van der Waals surface area (Å²) in [6, 6.07) is 8.30. The fraction of sp³-hybridized carbons (Fsp3) is 0.267. The number of rotatable bonds is 7. The molecule has 0 heterocycles. The first-order valence-corrected chi connectivity index (χ1v) is 6.93. The first-order valence-electron chi connectivity index (χ1n) is 6.93. The van der Waals surface area contributed by atoms with Crippen LogP contribution in [0.1, 0.15) is 24.2 Å². The number of hydrogen-bond acceptors (Lipinski definition) is 6. The van der Waals surface area contributed by atoms with Crippen LogP contribution in [0.5, 0.6) is 0 Å². The Labute approximate surface area is 133 Å². The van der Waals surface area contributed by atoms with E-state index in [1.54, 1.807) is 44.2 Å². The van der Waals surface area contributed by atoms with Crippen molar-refractivity contribution in [3.8, 4) is 0 Å². The zero-order valence-electron chi connectivity index (χ0n) is 12.9. The highest BCUT2D eigenvalue weighted by Gasteiger charge is 2.23. The molecular formula is C15H19N3O5.